The molecular weight excluding hydrogens is 367 g/mol. The molecule has 0 spiro atoms. The van der Waals surface area contributed by atoms with Gasteiger partial charge in [-0.05, 0) is 56.5 Å². The number of nitrogens with one attached hydrogen (secondary N) is 1. The molecule has 3 rings (SSSR count). The molecule has 5 nitrogen and oxygen atoms in total. The Bertz CT molecular complexity index is 1010. The second-order valence-electron chi connectivity index (χ2n) is 6.84. The van der Waals surface area contributed by atoms with E-state index in [2.05, 4.69) is 21.4 Å². The van der Waals surface area contributed by atoms with E-state index in [1.165, 1.54) is 6.07 Å². The predicted octanol–water partition coefficient (Wildman–Crippen LogP) is 4.36. The van der Waals surface area contributed by atoms with E-state index in [1.807, 2.05) is 36.9 Å². The molecular formula is C23H25FN4O. The van der Waals surface area contributed by atoms with Crippen molar-refractivity contribution in [2.45, 2.75) is 27.2 Å². The molecule has 0 saturated carbocycles. The number of aromatic nitrogens is 2. The van der Waals surface area contributed by atoms with Crippen molar-refractivity contribution < 1.29 is 9.18 Å². The SMILES string of the molecule is CCN(c1cccc(C)c1)c1cc(C(=O)NCCc2ccccc2F)nc(C)n1. The van der Waals surface area contributed by atoms with Crippen LogP contribution in [-0.4, -0.2) is 29.0 Å². The number of rotatable bonds is 7. The van der Waals surface area contributed by atoms with Crippen LogP contribution < -0.4 is 10.2 Å². The number of aryl methyl sites for hydroxylation is 2. The summed E-state index contributed by atoms with van der Waals surface area (Å²) < 4.78 is 13.7. The Morgan fingerprint density at radius 1 is 1.07 bits per heavy atom. The minimum Gasteiger partial charge on any atom is -0.350 e. The zero-order chi connectivity index (χ0) is 20.8. The molecule has 1 N–H and O–H groups in total. The molecule has 0 aliphatic carbocycles. The van der Waals surface area contributed by atoms with E-state index in [1.54, 1.807) is 31.2 Å². The van der Waals surface area contributed by atoms with E-state index in [4.69, 9.17) is 0 Å². The molecule has 0 fully saturated rings. The fourth-order valence-electron chi connectivity index (χ4n) is 3.18. The quantitative estimate of drug-likeness (QED) is 0.649. The Hall–Kier alpha value is -3.28. The minimum absolute atomic E-state index is 0.265. The lowest BCUT2D eigenvalue weighted by Gasteiger charge is -2.23. The lowest BCUT2D eigenvalue weighted by Crippen LogP contribution is -2.28. The highest BCUT2D eigenvalue weighted by molar-refractivity contribution is 5.93. The molecule has 1 aromatic heterocycles. The summed E-state index contributed by atoms with van der Waals surface area (Å²) in [6.07, 6.45) is 0.416. The second-order valence-corrected chi connectivity index (χ2v) is 6.84. The third kappa shape index (κ3) is 5.16. The average molecular weight is 392 g/mol. The number of nitrogens with zero attached hydrogens (tertiary/aromatic N) is 3. The molecule has 0 radical (unpaired) electrons. The molecule has 0 atom stereocenters. The van der Waals surface area contributed by atoms with Gasteiger partial charge in [-0.25, -0.2) is 14.4 Å². The van der Waals surface area contributed by atoms with Gasteiger partial charge in [0.1, 0.15) is 23.2 Å². The highest BCUT2D eigenvalue weighted by atomic mass is 19.1. The van der Waals surface area contributed by atoms with E-state index in [0.717, 1.165) is 11.3 Å². The van der Waals surface area contributed by atoms with Crippen LogP contribution in [0.4, 0.5) is 15.9 Å². The van der Waals surface area contributed by atoms with Crippen molar-refractivity contribution in [3.63, 3.8) is 0 Å². The summed E-state index contributed by atoms with van der Waals surface area (Å²) in [5, 5.41) is 2.82. The lowest BCUT2D eigenvalue weighted by molar-refractivity contribution is 0.0948. The van der Waals surface area contributed by atoms with E-state index < -0.39 is 0 Å². The highest BCUT2D eigenvalue weighted by Gasteiger charge is 2.15. The molecule has 3 aromatic rings. The molecule has 0 saturated heterocycles. The lowest BCUT2D eigenvalue weighted by atomic mass is 10.1. The van der Waals surface area contributed by atoms with E-state index in [-0.39, 0.29) is 11.7 Å². The van der Waals surface area contributed by atoms with E-state index in [0.29, 0.717) is 42.4 Å². The number of hydrogen-bond donors (Lipinski definition) is 1. The molecule has 2 aromatic carbocycles. The van der Waals surface area contributed by atoms with Crippen molar-refractivity contribution in [3.8, 4) is 0 Å². The number of carbonyl (C=O) groups excluding carboxylic acids is 1. The van der Waals surface area contributed by atoms with Crippen molar-refractivity contribution in [1.29, 1.82) is 0 Å². The number of anilines is 2. The van der Waals surface area contributed by atoms with Gasteiger partial charge in [0.25, 0.3) is 5.91 Å². The summed E-state index contributed by atoms with van der Waals surface area (Å²) in [5.74, 6) is 0.629. The molecule has 1 amide bonds. The maximum absolute atomic E-state index is 13.7. The highest BCUT2D eigenvalue weighted by Crippen LogP contribution is 2.24. The van der Waals surface area contributed by atoms with Crippen molar-refractivity contribution in [2.75, 3.05) is 18.0 Å². The summed E-state index contributed by atoms with van der Waals surface area (Å²) in [5.41, 5.74) is 3.03. The first kappa shape index (κ1) is 20.5. The Morgan fingerprint density at radius 2 is 1.86 bits per heavy atom. The van der Waals surface area contributed by atoms with Crippen molar-refractivity contribution in [3.05, 3.63) is 83.1 Å². The van der Waals surface area contributed by atoms with Crippen LogP contribution in [0.3, 0.4) is 0 Å². The molecule has 0 aliphatic heterocycles. The zero-order valence-electron chi connectivity index (χ0n) is 16.9. The van der Waals surface area contributed by atoms with Crippen LogP contribution in [-0.2, 0) is 6.42 Å². The predicted molar refractivity (Wildman–Crippen MR) is 113 cm³/mol. The molecule has 29 heavy (non-hydrogen) atoms. The first-order chi connectivity index (χ1) is 14.0. The second kappa shape index (κ2) is 9.28. The van der Waals surface area contributed by atoms with Crippen LogP contribution in [0.15, 0.2) is 54.6 Å². The third-order valence-corrected chi connectivity index (χ3v) is 4.60. The summed E-state index contributed by atoms with van der Waals surface area (Å²) >= 11 is 0. The van der Waals surface area contributed by atoms with Gasteiger partial charge in [-0.1, -0.05) is 30.3 Å². The van der Waals surface area contributed by atoms with Crippen LogP contribution in [0.25, 0.3) is 0 Å². The Kier molecular flexibility index (Phi) is 6.54. The summed E-state index contributed by atoms with van der Waals surface area (Å²) in [6.45, 7) is 6.87. The van der Waals surface area contributed by atoms with Crippen molar-refractivity contribution >= 4 is 17.4 Å². The van der Waals surface area contributed by atoms with Gasteiger partial charge in [0, 0.05) is 24.8 Å². The summed E-state index contributed by atoms with van der Waals surface area (Å²) in [4.78, 5) is 23.5. The van der Waals surface area contributed by atoms with Gasteiger partial charge in [0.2, 0.25) is 0 Å². The van der Waals surface area contributed by atoms with Gasteiger partial charge in [-0.15, -0.1) is 0 Å². The van der Waals surface area contributed by atoms with Gasteiger partial charge < -0.3 is 10.2 Å². The van der Waals surface area contributed by atoms with Gasteiger partial charge in [-0.2, -0.15) is 0 Å². The average Bonchev–Trinajstić information content (AvgIpc) is 2.69. The normalized spacial score (nSPS) is 10.6. The molecule has 0 unspecified atom stereocenters. The number of benzene rings is 2. The smallest absolute Gasteiger partial charge is 0.270 e. The largest absolute Gasteiger partial charge is 0.350 e. The topological polar surface area (TPSA) is 58.1 Å². The van der Waals surface area contributed by atoms with Crippen LogP contribution in [0.1, 0.15) is 34.4 Å². The molecule has 0 aliphatic rings. The Morgan fingerprint density at radius 3 is 2.59 bits per heavy atom. The number of halogens is 1. The third-order valence-electron chi connectivity index (χ3n) is 4.60. The van der Waals surface area contributed by atoms with Crippen LogP contribution in [0.5, 0.6) is 0 Å². The first-order valence-corrected chi connectivity index (χ1v) is 9.69. The van der Waals surface area contributed by atoms with Gasteiger partial charge in [0.15, 0.2) is 0 Å². The van der Waals surface area contributed by atoms with Crippen LogP contribution in [0.2, 0.25) is 0 Å². The Balaban J connectivity index is 1.75. The van der Waals surface area contributed by atoms with Crippen molar-refractivity contribution in [2.24, 2.45) is 0 Å². The molecule has 6 heteroatoms. The van der Waals surface area contributed by atoms with Crippen molar-refractivity contribution in [1.82, 2.24) is 15.3 Å². The maximum Gasteiger partial charge on any atom is 0.270 e. The van der Waals surface area contributed by atoms with Crippen LogP contribution in [0, 0.1) is 19.7 Å². The summed E-state index contributed by atoms with van der Waals surface area (Å²) in [6, 6.07) is 16.4. The van der Waals surface area contributed by atoms with Gasteiger partial charge in [-0.3, -0.25) is 4.79 Å². The minimum atomic E-state index is -0.298. The van der Waals surface area contributed by atoms with E-state index in [9.17, 15) is 9.18 Å². The van der Waals surface area contributed by atoms with Gasteiger partial charge >= 0.3 is 0 Å². The number of carbonyl (C=O) groups is 1. The Labute approximate surface area is 170 Å². The number of hydrogen-bond acceptors (Lipinski definition) is 4. The van der Waals surface area contributed by atoms with Crippen LogP contribution >= 0.6 is 0 Å². The fourth-order valence-corrected chi connectivity index (χ4v) is 3.18. The number of amides is 1. The molecule has 1 heterocycles. The molecule has 0 bridgehead atoms. The van der Waals surface area contributed by atoms with E-state index >= 15 is 0 Å². The standard InChI is InChI=1S/C23H25FN4O/c1-4-28(19-10-7-8-16(2)14-19)22-15-21(26-17(3)27-22)23(29)25-13-12-18-9-5-6-11-20(18)24/h5-11,14-15H,4,12-13H2,1-3H3,(H,25,29). The fraction of sp³-hybridized carbons (Fsp3) is 0.261. The summed E-state index contributed by atoms with van der Waals surface area (Å²) in [7, 11) is 0. The molecule has 150 valence electrons. The zero-order valence-corrected chi connectivity index (χ0v) is 16.9. The maximum atomic E-state index is 13.7. The first-order valence-electron chi connectivity index (χ1n) is 9.69. The van der Waals surface area contributed by atoms with Gasteiger partial charge in [0.05, 0.1) is 0 Å². The monoisotopic (exact) mass is 392 g/mol.